The summed E-state index contributed by atoms with van der Waals surface area (Å²) in [5.41, 5.74) is 0.352. The average molecular weight is 256 g/mol. The Morgan fingerprint density at radius 2 is 1.72 bits per heavy atom. The highest BCUT2D eigenvalue weighted by molar-refractivity contribution is 5.30. The molecule has 1 rings (SSSR count). The fourth-order valence-corrected chi connectivity index (χ4v) is 2.03. The van der Waals surface area contributed by atoms with E-state index in [0.717, 1.165) is 0 Å². The average Bonchev–Trinajstić information content (AvgIpc) is 2.29. The largest absolute Gasteiger partial charge is 0.311 e. The lowest BCUT2D eigenvalue weighted by atomic mass is 9.87. The first-order valence-electron chi connectivity index (χ1n) is 6.02. The van der Waals surface area contributed by atoms with E-state index in [-0.39, 0.29) is 11.6 Å². The number of hydrogen-bond acceptors (Lipinski definition) is 2. The molecule has 102 valence electrons. The monoisotopic (exact) mass is 256 g/mol. The summed E-state index contributed by atoms with van der Waals surface area (Å²) in [5.74, 6) is -1.52. The normalized spacial score (nSPS) is 14.1. The van der Waals surface area contributed by atoms with Gasteiger partial charge in [-0.25, -0.2) is 8.78 Å². The lowest BCUT2D eigenvalue weighted by Crippen LogP contribution is -2.48. The van der Waals surface area contributed by atoms with Gasteiger partial charge in [-0.1, -0.05) is 12.1 Å². The summed E-state index contributed by atoms with van der Waals surface area (Å²) in [5, 5.41) is 3.08. The molecule has 1 aromatic rings. The molecule has 1 unspecified atom stereocenters. The van der Waals surface area contributed by atoms with Crippen LogP contribution in [0.15, 0.2) is 12.1 Å². The Morgan fingerprint density at radius 1 is 1.17 bits per heavy atom. The number of benzene rings is 1. The maximum absolute atomic E-state index is 14.1. The summed E-state index contributed by atoms with van der Waals surface area (Å²) < 4.78 is 27.7. The highest BCUT2D eigenvalue weighted by Gasteiger charge is 2.34. The third-order valence-electron chi connectivity index (χ3n) is 3.76. The molecular weight excluding hydrogens is 234 g/mol. The molecule has 4 heteroatoms. The zero-order chi connectivity index (χ0) is 14.1. The lowest BCUT2D eigenvalue weighted by molar-refractivity contribution is 0.140. The van der Waals surface area contributed by atoms with Crippen LogP contribution in [0.3, 0.4) is 0 Å². The van der Waals surface area contributed by atoms with Gasteiger partial charge in [0.1, 0.15) is 0 Å². The Morgan fingerprint density at radius 3 is 2.17 bits per heavy atom. The Bertz CT molecular complexity index is 428. The molecule has 0 bridgehead atoms. The van der Waals surface area contributed by atoms with Gasteiger partial charge in [0.15, 0.2) is 11.6 Å². The Balaban J connectivity index is 3.31. The first kappa shape index (κ1) is 15.1. The van der Waals surface area contributed by atoms with Crippen LogP contribution in [-0.4, -0.2) is 31.6 Å². The van der Waals surface area contributed by atoms with Crippen LogP contribution in [0.1, 0.15) is 31.0 Å². The molecule has 1 aromatic carbocycles. The van der Waals surface area contributed by atoms with Crippen molar-refractivity contribution in [3.63, 3.8) is 0 Å². The van der Waals surface area contributed by atoms with Crippen molar-refractivity contribution in [3.8, 4) is 0 Å². The summed E-state index contributed by atoms with van der Waals surface area (Å²) in [6, 6.07) is 2.98. The molecule has 0 saturated carbocycles. The third kappa shape index (κ3) is 2.54. The van der Waals surface area contributed by atoms with Crippen molar-refractivity contribution in [1.82, 2.24) is 10.2 Å². The second-order valence-electron chi connectivity index (χ2n) is 5.37. The fourth-order valence-electron chi connectivity index (χ4n) is 2.03. The van der Waals surface area contributed by atoms with Crippen molar-refractivity contribution >= 4 is 0 Å². The predicted molar refractivity (Wildman–Crippen MR) is 70.7 cm³/mol. The van der Waals surface area contributed by atoms with Gasteiger partial charge in [-0.05, 0) is 47.5 Å². The molecule has 1 N–H and O–H groups in total. The molecule has 0 fully saturated rings. The summed E-state index contributed by atoms with van der Waals surface area (Å²) in [7, 11) is 5.60. The molecule has 0 aromatic heterocycles. The van der Waals surface area contributed by atoms with Crippen molar-refractivity contribution in [1.29, 1.82) is 0 Å². The molecule has 0 aliphatic heterocycles. The van der Waals surface area contributed by atoms with Crippen molar-refractivity contribution in [2.75, 3.05) is 21.1 Å². The summed E-state index contributed by atoms with van der Waals surface area (Å²) in [6.45, 7) is 5.55. The maximum Gasteiger partial charge on any atom is 0.163 e. The molecule has 0 spiro atoms. The van der Waals surface area contributed by atoms with Gasteiger partial charge in [-0.3, -0.25) is 0 Å². The van der Waals surface area contributed by atoms with E-state index in [2.05, 4.69) is 5.32 Å². The number of nitrogens with zero attached hydrogens (tertiary/aromatic N) is 1. The molecule has 0 saturated heterocycles. The first-order valence-corrected chi connectivity index (χ1v) is 6.02. The molecule has 0 radical (unpaired) electrons. The van der Waals surface area contributed by atoms with Crippen LogP contribution in [0.2, 0.25) is 0 Å². The van der Waals surface area contributed by atoms with Crippen LogP contribution >= 0.6 is 0 Å². The smallest absolute Gasteiger partial charge is 0.163 e. The van der Waals surface area contributed by atoms with Gasteiger partial charge < -0.3 is 10.2 Å². The lowest BCUT2D eigenvalue weighted by Gasteiger charge is -2.40. The van der Waals surface area contributed by atoms with Gasteiger partial charge >= 0.3 is 0 Å². The number of hydrogen-bond donors (Lipinski definition) is 1. The molecule has 0 amide bonds. The van der Waals surface area contributed by atoms with Gasteiger partial charge in [0, 0.05) is 11.1 Å². The van der Waals surface area contributed by atoms with Crippen LogP contribution in [-0.2, 0) is 0 Å². The van der Waals surface area contributed by atoms with E-state index in [0.29, 0.717) is 11.1 Å². The Hall–Kier alpha value is -1.00. The number of nitrogens with one attached hydrogen (secondary N) is 1. The van der Waals surface area contributed by atoms with E-state index in [1.54, 1.807) is 26.1 Å². The summed E-state index contributed by atoms with van der Waals surface area (Å²) in [6.07, 6.45) is 0. The molecule has 0 aliphatic carbocycles. The standard InChI is InChI=1S/C14H22F2N2/c1-9-7-8-10(12(16)11(9)15)13(17-4)14(2,3)18(5)6/h7-8,13,17H,1-6H3. The van der Waals surface area contributed by atoms with Gasteiger partial charge in [0.05, 0.1) is 6.04 Å². The van der Waals surface area contributed by atoms with E-state index in [1.165, 1.54) is 0 Å². The number of halogens is 2. The van der Waals surface area contributed by atoms with E-state index in [9.17, 15) is 8.78 Å². The van der Waals surface area contributed by atoms with Crippen LogP contribution in [0, 0.1) is 18.6 Å². The number of aryl methyl sites for hydroxylation is 1. The van der Waals surface area contributed by atoms with E-state index >= 15 is 0 Å². The van der Waals surface area contributed by atoms with Gasteiger partial charge in [0.2, 0.25) is 0 Å². The Kier molecular flexibility index (Phi) is 4.46. The Labute approximate surface area is 108 Å². The molecule has 1 atom stereocenters. The van der Waals surface area contributed by atoms with E-state index in [1.807, 2.05) is 32.8 Å². The van der Waals surface area contributed by atoms with Gasteiger partial charge in [0.25, 0.3) is 0 Å². The van der Waals surface area contributed by atoms with Crippen molar-refractivity contribution in [2.45, 2.75) is 32.4 Å². The van der Waals surface area contributed by atoms with Crippen LogP contribution in [0.4, 0.5) is 8.78 Å². The minimum Gasteiger partial charge on any atom is -0.311 e. The van der Waals surface area contributed by atoms with Gasteiger partial charge in [-0.15, -0.1) is 0 Å². The zero-order valence-electron chi connectivity index (χ0n) is 11.9. The highest BCUT2D eigenvalue weighted by Crippen LogP contribution is 2.32. The zero-order valence-corrected chi connectivity index (χ0v) is 11.9. The number of likely N-dealkylation sites (N-methyl/N-ethyl adjacent to an activating group) is 2. The van der Waals surface area contributed by atoms with Crippen molar-refractivity contribution in [2.24, 2.45) is 0 Å². The molecule has 0 aliphatic rings. The molecule has 18 heavy (non-hydrogen) atoms. The summed E-state index contributed by atoms with van der Waals surface area (Å²) in [4.78, 5) is 1.99. The van der Waals surface area contributed by atoms with E-state index < -0.39 is 11.6 Å². The second kappa shape index (κ2) is 5.33. The molecule has 2 nitrogen and oxygen atoms in total. The number of rotatable bonds is 4. The molecule has 0 heterocycles. The van der Waals surface area contributed by atoms with Gasteiger partial charge in [-0.2, -0.15) is 0 Å². The van der Waals surface area contributed by atoms with E-state index in [4.69, 9.17) is 0 Å². The van der Waals surface area contributed by atoms with Crippen molar-refractivity contribution < 1.29 is 8.78 Å². The molecular formula is C14H22F2N2. The fraction of sp³-hybridized carbons (Fsp3) is 0.571. The van der Waals surface area contributed by atoms with Crippen molar-refractivity contribution in [3.05, 3.63) is 34.9 Å². The minimum atomic E-state index is -0.762. The predicted octanol–water partition coefficient (Wildman–Crippen LogP) is 2.87. The van der Waals surface area contributed by atoms with Crippen LogP contribution in [0.25, 0.3) is 0 Å². The highest BCUT2D eigenvalue weighted by atomic mass is 19.2. The topological polar surface area (TPSA) is 15.3 Å². The van der Waals surface area contributed by atoms with Crippen LogP contribution < -0.4 is 5.32 Å². The van der Waals surface area contributed by atoms with Crippen LogP contribution in [0.5, 0.6) is 0 Å². The summed E-state index contributed by atoms with van der Waals surface area (Å²) >= 11 is 0. The third-order valence-corrected chi connectivity index (χ3v) is 3.76. The maximum atomic E-state index is 14.1. The first-order chi connectivity index (χ1) is 8.23. The minimum absolute atomic E-state index is 0.289. The quantitative estimate of drug-likeness (QED) is 0.891. The SMILES string of the molecule is CNC(c1ccc(C)c(F)c1F)C(C)(C)N(C)C. The second-order valence-corrected chi connectivity index (χ2v) is 5.37.